The van der Waals surface area contributed by atoms with Crippen LogP contribution in [0.4, 0.5) is 0 Å². The lowest BCUT2D eigenvalue weighted by Crippen LogP contribution is -2.11. The first-order valence-corrected chi connectivity index (χ1v) is 4.85. The van der Waals surface area contributed by atoms with E-state index in [0.717, 1.165) is 25.7 Å². The van der Waals surface area contributed by atoms with Gasteiger partial charge in [-0.25, -0.2) is 19.6 Å². The van der Waals surface area contributed by atoms with Gasteiger partial charge in [-0.3, -0.25) is 0 Å². The smallest absolute Gasteiger partial charge is 0.123 e. The Kier molecular flexibility index (Phi) is 4.11. The van der Waals surface area contributed by atoms with Crippen LogP contribution in [-0.4, -0.2) is 25.4 Å². The lowest BCUT2D eigenvalue weighted by atomic mass is 10.1. The highest BCUT2D eigenvalue weighted by Gasteiger charge is 2.20. The zero-order chi connectivity index (χ0) is 9.64. The fourth-order valence-electron chi connectivity index (χ4n) is 1.44. The van der Waals surface area contributed by atoms with Crippen LogP contribution in [0.3, 0.4) is 0 Å². The standard InChI is InChI=1S/C8H14O6/c1(3-7-5-9-13-11-7)2-4-8-6-10-14-12-8/h7-8H,1-6H2. The van der Waals surface area contributed by atoms with E-state index in [1.807, 2.05) is 0 Å². The Balaban J connectivity index is 1.46. The van der Waals surface area contributed by atoms with E-state index in [1.54, 1.807) is 0 Å². The molecular formula is C8H14O6. The summed E-state index contributed by atoms with van der Waals surface area (Å²) in [6.45, 7) is 1.04. The zero-order valence-electron chi connectivity index (χ0n) is 7.85. The molecule has 0 aromatic heterocycles. The van der Waals surface area contributed by atoms with Gasteiger partial charge in [0.25, 0.3) is 0 Å². The second-order valence-electron chi connectivity index (χ2n) is 3.43. The van der Waals surface area contributed by atoms with Crippen LogP contribution in [0.2, 0.25) is 0 Å². The average Bonchev–Trinajstić information content (AvgIpc) is 2.86. The Labute approximate surface area is 81.7 Å². The molecule has 0 amide bonds. The molecule has 2 fully saturated rings. The van der Waals surface area contributed by atoms with Crippen molar-refractivity contribution in [2.24, 2.45) is 0 Å². The number of rotatable bonds is 5. The molecule has 0 aromatic carbocycles. The maximum Gasteiger partial charge on any atom is 0.123 e. The molecule has 82 valence electrons. The molecule has 6 heteroatoms. The second kappa shape index (κ2) is 5.59. The lowest BCUT2D eigenvalue weighted by molar-refractivity contribution is -0.460. The maximum atomic E-state index is 4.82. The fraction of sp³-hybridized carbons (Fsp3) is 1.00. The highest BCUT2D eigenvalue weighted by atomic mass is 17.5. The van der Waals surface area contributed by atoms with E-state index in [1.165, 1.54) is 0 Å². The first kappa shape index (κ1) is 10.3. The Morgan fingerprint density at radius 3 is 1.64 bits per heavy atom. The van der Waals surface area contributed by atoms with Gasteiger partial charge in [0.15, 0.2) is 0 Å². The van der Waals surface area contributed by atoms with Crippen molar-refractivity contribution < 1.29 is 29.6 Å². The van der Waals surface area contributed by atoms with Crippen LogP contribution >= 0.6 is 0 Å². The minimum Gasteiger partial charge on any atom is -0.203 e. The van der Waals surface area contributed by atoms with E-state index < -0.39 is 0 Å². The Morgan fingerprint density at radius 2 is 1.29 bits per heavy atom. The summed E-state index contributed by atoms with van der Waals surface area (Å²) in [6, 6.07) is 0. The van der Waals surface area contributed by atoms with Crippen molar-refractivity contribution in [3.63, 3.8) is 0 Å². The molecule has 14 heavy (non-hydrogen) atoms. The molecule has 0 bridgehead atoms. The van der Waals surface area contributed by atoms with Gasteiger partial charge < -0.3 is 0 Å². The van der Waals surface area contributed by atoms with Crippen molar-refractivity contribution >= 4 is 0 Å². The van der Waals surface area contributed by atoms with Crippen LogP contribution in [0, 0.1) is 0 Å². The molecule has 2 heterocycles. The summed E-state index contributed by atoms with van der Waals surface area (Å²) in [5, 5.41) is 8.65. The molecule has 0 radical (unpaired) electrons. The van der Waals surface area contributed by atoms with Crippen molar-refractivity contribution in [2.45, 2.75) is 37.9 Å². The van der Waals surface area contributed by atoms with Crippen LogP contribution in [0.1, 0.15) is 25.7 Å². The average molecular weight is 206 g/mol. The number of hydrogen-bond acceptors (Lipinski definition) is 6. The molecule has 2 aliphatic rings. The molecule has 0 saturated carbocycles. The first-order chi connectivity index (χ1) is 6.95. The van der Waals surface area contributed by atoms with E-state index in [2.05, 4.69) is 19.9 Å². The van der Waals surface area contributed by atoms with Crippen LogP contribution in [0.25, 0.3) is 0 Å². The predicted molar refractivity (Wildman–Crippen MR) is 42.3 cm³/mol. The monoisotopic (exact) mass is 206 g/mol. The highest BCUT2D eigenvalue weighted by molar-refractivity contribution is 4.60. The summed E-state index contributed by atoms with van der Waals surface area (Å²) >= 11 is 0. The normalized spacial score (nSPS) is 32.6. The van der Waals surface area contributed by atoms with Crippen LogP contribution < -0.4 is 0 Å². The van der Waals surface area contributed by atoms with Gasteiger partial charge in [0.1, 0.15) is 25.4 Å². The van der Waals surface area contributed by atoms with E-state index in [9.17, 15) is 0 Å². The van der Waals surface area contributed by atoms with E-state index in [4.69, 9.17) is 9.78 Å². The summed E-state index contributed by atoms with van der Waals surface area (Å²) in [5.41, 5.74) is 0. The molecule has 0 N–H and O–H groups in total. The molecule has 2 unspecified atom stereocenters. The van der Waals surface area contributed by atoms with Crippen molar-refractivity contribution in [1.82, 2.24) is 0 Å². The van der Waals surface area contributed by atoms with Crippen molar-refractivity contribution in [2.75, 3.05) is 13.2 Å². The summed E-state index contributed by atoms with van der Waals surface area (Å²) in [5.74, 6) is 0. The summed E-state index contributed by atoms with van der Waals surface area (Å²) < 4.78 is 0. The van der Waals surface area contributed by atoms with Gasteiger partial charge >= 0.3 is 0 Å². The van der Waals surface area contributed by atoms with Gasteiger partial charge in [-0.1, -0.05) is 22.9 Å². The minimum atomic E-state index is 0.0759. The quantitative estimate of drug-likeness (QED) is 0.495. The highest BCUT2D eigenvalue weighted by Crippen LogP contribution is 2.16. The van der Waals surface area contributed by atoms with Crippen molar-refractivity contribution in [1.29, 1.82) is 0 Å². The molecule has 0 aliphatic carbocycles. The second-order valence-corrected chi connectivity index (χ2v) is 3.43. The first-order valence-electron chi connectivity index (χ1n) is 4.85. The summed E-state index contributed by atoms with van der Waals surface area (Å²) in [6.07, 6.45) is 4.14. The summed E-state index contributed by atoms with van der Waals surface area (Å²) in [7, 11) is 0. The maximum absolute atomic E-state index is 4.82. The van der Waals surface area contributed by atoms with Crippen LogP contribution in [-0.2, 0) is 29.6 Å². The zero-order valence-corrected chi connectivity index (χ0v) is 7.85. The van der Waals surface area contributed by atoms with Crippen LogP contribution in [0.5, 0.6) is 0 Å². The predicted octanol–water partition coefficient (Wildman–Crippen LogP) is 1.07. The molecular weight excluding hydrogens is 192 g/mol. The lowest BCUT2D eigenvalue weighted by Gasteiger charge is -2.05. The molecule has 2 rings (SSSR count). The van der Waals surface area contributed by atoms with Crippen LogP contribution in [0.15, 0.2) is 0 Å². The molecule has 2 saturated heterocycles. The van der Waals surface area contributed by atoms with Crippen molar-refractivity contribution in [3.05, 3.63) is 0 Å². The molecule has 0 aromatic rings. The van der Waals surface area contributed by atoms with Gasteiger partial charge in [-0.05, 0) is 12.8 Å². The molecule has 2 aliphatic heterocycles. The number of unbranched alkanes of at least 4 members (excludes halogenated alkanes) is 1. The Hall–Kier alpha value is -0.240. The third kappa shape index (κ3) is 3.16. The third-order valence-electron chi connectivity index (χ3n) is 2.26. The summed E-state index contributed by atoms with van der Waals surface area (Å²) in [4.78, 5) is 18.8. The number of hydrogen-bond donors (Lipinski definition) is 0. The Bertz CT molecular complexity index is 134. The van der Waals surface area contributed by atoms with Gasteiger partial charge in [-0.15, -0.1) is 0 Å². The van der Waals surface area contributed by atoms with E-state index in [-0.39, 0.29) is 12.2 Å². The molecule has 0 spiro atoms. The van der Waals surface area contributed by atoms with Gasteiger partial charge in [0.2, 0.25) is 0 Å². The third-order valence-corrected chi connectivity index (χ3v) is 2.26. The van der Waals surface area contributed by atoms with Gasteiger partial charge in [-0.2, -0.15) is 0 Å². The van der Waals surface area contributed by atoms with Gasteiger partial charge in [0, 0.05) is 0 Å². The van der Waals surface area contributed by atoms with Crippen molar-refractivity contribution in [3.8, 4) is 0 Å². The fourth-order valence-corrected chi connectivity index (χ4v) is 1.44. The van der Waals surface area contributed by atoms with Gasteiger partial charge in [0.05, 0.1) is 0 Å². The minimum absolute atomic E-state index is 0.0759. The topological polar surface area (TPSA) is 55.4 Å². The largest absolute Gasteiger partial charge is 0.203 e. The SMILES string of the molecule is C(CCC1COOO1)CC1COOO1. The van der Waals surface area contributed by atoms with E-state index >= 15 is 0 Å². The Morgan fingerprint density at radius 1 is 0.786 bits per heavy atom. The molecule has 6 nitrogen and oxygen atoms in total. The molecule has 2 atom stereocenters. The van der Waals surface area contributed by atoms with E-state index in [0.29, 0.717) is 13.2 Å².